The number of aliphatic hydroxyl groups is 3. The number of aromatic hydroxyl groups is 2. The lowest BCUT2D eigenvalue weighted by Gasteiger charge is -2.24. The molecule has 2 unspecified atom stereocenters. The van der Waals surface area contributed by atoms with Crippen molar-refractivity contribution in [3.8, 4) is 11.5 Å². The summed E-state index contributed by atoms with van der Waals surface area (Å²) in [5.74, 6) is -0.0305. The van der Waals surface area contributed by atoms with Gasteiger partial charge in [0.05, 0.1) is 18.8 Å². The molecule has 2 atom stereocenters. The molecule has 0 amide bonds. The molecule has 220 valence electrons. The fourth-order valence-electron chi connectivity index (χ4n) is 3.44. The van der Waals surface area contributed by atoms with E-state index in [2.05, 4.69) is 10.6 Å². The van der Waals surface area contributed by atoms with E-state index in [-0.39, 0.29) is 48.5 Å². The van der Waals surface area contributed by atoms with Crippen LogP contribution in [0.2, 0.25) is 0 Å². The number of β-amino-alcohol motifs (C(OH)–C–C–N with tert-alkyl or cyclic N) is 2. The minimum atomic E-state index is -0.834. The van der Waals surface area contributed by atoms with Gasteiger partial charge in [-0.15, -0.1) is 0 Å². The Morgan fingerprint density at radius 2 is 1.15 bits per heavy atom. The topological polar surface area (TPSA) is 200 Å². The monoisotopic (exact) mass is 552 g/mol. The van der Waals surface area contributed by atoms with Crippen molar-refractivity contribution < 1.29 is 45.3 Å². The largest absolute Gasteiger partial charge is 0.508 e. The van der Waals surface area contributed by atoms with Crippen LogP contribution in [0.4, 0.5) is 0 Å². The number of hydrogen-bond acceptors (Lipinski definition) is 9. The van der Waals surface area contributed by atoms with Crippen molar-refractivity contribution in [3.63, 3.8) is 0 Å². The first-order valence-corrected chi connectivity index (χ1v) is 12.3. The van der Waals surface area contributed by atoms with Gasteiger partial charge in [0, 0.05) is 36.2 Å². The second-order valence-corrected chi connectivity index (χ2v) is 10.9. The van der Waals surface area contributed by atoms with Crippen LogP contribution in [0.1, 0.15) is 81.6 Å². The third kappa shape index (κ3) is 13.9. The molecule has 0 aromatic heterocycles. The van der Waals surface area contributed by atoms with Crippen LogP contribution < -0.4 is 10.6 Å². The summed E-state index contributed by atoms with van der Waals surface area (Å²) in [5.41, 5.74) is 2.20. The summed E-state index contributed by atoms with van der Waals surface area (Å²) in [6.07, 6.45) is -1.42. The maximum Gasteiger partial charge on any atom is 0.290 e. The molecule has 39 heavy (non-hydrogen) atoms. The van der Waals surface area contributed by atoms with Gasteiger partial charge in [0.15, 0.2) is 0 Å². The third-order valence-electron chi connectivity index (χ3n) is 5.37. The summed E-state index contributed by atoms with van der Waals surface area (Å²) >= 11 is 0. The number of hydrogen-bond donors (Lipinski definition) is 9. The average molecular weight is 553 g/mol. The molecule has 9 N–H and O–H groups in total. The lowest BCUT2D eigenvalue weighted by Crippen LogP contribution is -2.38. The van der Waals surface area contributed by atoms with Gasteiger partial charge in [-0.25, -0.2) is 0 Å². The molecule has 2 aromatic carbocycles. The van der Waals surface area contributed by atoms with Crippen LogP contribution in [0.15, 0.2) is 30.3 Å². The Morgan fingerprint density at radius 1 is 0.744 bits per heavy atom. The van der Waals surface area contributed by atoms with E-state index in [1.54, 1.807) is 24.3 Å². The molecule has 11 heteroatoms. The molecule has 0 heterocycles. The number of carbonyl (C=O) groups is 2. The molecular formula is C28H44N2O9. The fourth-order valence-corrected chi connectivity index (χ4v) is 3.44. The minimum Gasteiger partial charge on any atom is -0.508 e. The standard InChI is InChI=1S/C26H40N2O5.2CH2O2/c1-25(2,3)27-13-22(31)16-7-8-21(30)17(9-16)10-19-11-18(12-20(15-29)24(19)33)23(32)14-28-26(4,5)6;2*2-1-3/h7-9,11-12,22-23,27-33H,10,13-15H2,1-6H3;2*1H,(H,2,3). The summed E-state index contributed by atoms with van der Waals surface area (Å²) in [6, 6.07) is 8.19. The zero-order valence-corrected chi connectivity index (χ0v) is 23.5. The molecule has 0 aliphatic heterocycles. The van der Waals surface area contributed by atoms with Gasteiger partial charge in [-0.1, -0.05) is 6.07 Å². The Labute approximate surface area is 229 Å². The first-order valence-electron chi connectivity index (χ1n) is 12.3. The van der Waals surface area contributed by atoms with Crippen molar-refractivity contribution >= 4 is 12.9 Å². The van der Waals surface area contributed by atoms with Crippen molar-refractivity contribution in [2.45, 2.75) is 77.9 Å². The van der Waals surface area contributed by atoms with Crippen LogP contribution in [-0.2, 0) is 22.6 Å². The van der Waals surface area contributed by atoms with Gasteiger partial charge in [-0.3, -0.25) is 9.59 Å². The Bertz CT molecular complexity index is 1020. The number of phenols is 2. The SMILES string of the molecule is CC(C)(C)NCC(O)c1ccc(O)c(Cc2cc(C(O)CNC(C)(C)C)cc(CO)c2O)c1.O=CO.O=CO. The summed E-state index contributed by atoms with van der Waals surface area (Å²) < 4.78 is 0. The van der Waals surface area contributed by atoms with E-state index in [4.69, 9.17) is 19.8 Å². The predicted octanol–water partition coefficient (Wildman–Crippen LogP) is 2.43. The highest BCUT2D eigenvalue weighted by molar-refractivity contribution is 5.49. The molecule has 2 rings (SSSR count). The Morgan fingerprint density at radius 3 is 1.59 bits per heavy atom. The summed E-state index contributed by atoms with van der Waals surface area (Å²) in [7, 11) is 0. The van der Waals surface area contributed by atoms with Crippen LogP contribution in [0, 0.1) is 0 Å². The summed E-state index contributed by atoms with van der Waals surface area (Å²) in [5, 5.41) is 72.3. The molecule has 2 aromatic rings. The van der Waals surface area contributed by atoms with Crippen molar-refractivity contribution in [1.82, 2.24) is 10.6 Å². The van der Waals surface area contributed by atoms with E-state index in [0.29, 0.717) is 40.9 Å². The molecule has 0 bridgehead atoms. The Balaban J connectivity index is 0.00000220. The van der Waals surface area contributed by atoms with Crippen LogP contribution in [0.3, 0.4) is 0 Å². The molecule has 0 fully saturated rings. The highest BCUT2D eigenvalue weighted by Crippen LogP contribution is 2.32. The van der Waals surface area contributed by atoms with E-state index in [0.717, 1.165) is 0 Å². The lowest BCUT2D eigenvalue weighted by atomic mass is 9.94. The number of nitrogens with one attached hydrogen (secondary N) is 2. The smallest absolute Gasteiger partial charge is 0.290 e. The van der Waals surface area contributed by atoms with Gasteiger partial charge in [0.25, 0.3) is 12.9 Å². The molecule has 0 radical (unpaired) electrons. The molecule has 0 saturated heterocycles. The van der Waals surface area contributed by atoms with Crippen molar-refractivity contribution in [2.24, 2.45) is 0 Å². The maximum atomic E-state index is 10.7. The van der Waals surface area contributed by atoms with Crippen molar-refractivity contribution in [1.29, 1.82) is 0 Å². The highest BCUT2D eigenvalue weighted by Gasteiger charge is 2.19. The van der Waals surface area contributed by atoms with E-state index in [9.17, 15) is 25.5 Å². The summed E-state index contributed by atoms with van der Waals surface area (Å²) in [6.45, 7) is 11.8. The number of benzene rings is 2. The van der Waals surface area contributed by atoms with Crippen LogP contribution in [-0.4, -0.2) is 72.9 Å². The van der Waals surface area contributed by atoms with Crippen LogP contribution in [0.25, 0.3) is 0 Å². The number of rotatable bonds is 9. The van der Waals surface area contributed by atoms with Crippen LogP contribution in [0.5, 0.6) is 11.5 Å². The van der Waals surface area contributed by atoms with E-state index >= 15 is 0 Å². The van der Waals surface area contributed by atoms with Gasteiger partial charge in [0.1, 0.15) is 11.5 Å². The second-order valence-electron chi connectivity index (χ2n) is 10.9. The van der Waals surface area contributed by atoms with Crippen molar-refractivity contribution in [3.05, 3.63) is 58.1 Å². The second kappa shape index (κ2) is 16.7. The molecule has 0 aliphatic rings. The van der Waals surface area contributed by atoms with Gasteiger partial charge >= 0.3 is 0 Å². The van der Waals surface area contributed by atoms with E-state index in [1.807, 2.05) is 41.5 Å². The first kappa shape index (κ1) is 35.8. The zero-order chi connectivity index (χ0) is 30.4. The fraction of sp³-hybridized carbons (Fsp3) is 0.500. The predicted molar refractivity (Wildman–Crippen MR) is 148 cm³/mol. The highest BCUT2D eigenvalue weighted by atomic mass is 16.3. The number of phenolic OH excluding ortho intramolecular Hbond substituents is 1. The zero-order valence-electron chi connectivity index (χ0n) is 23.5. The van der Waals surface area contributed by atoms with E-state index < -0.39 is 12.2 Å². The number of carboxylic acid groups (broad SMARTS) is 2. The molecule has 0 saturated carbocycles. The van der Waals surface area contributed by atoms with Gasteiger partial charge < -0.3 is 46.4 Å². The average Bonchev–Trinajstić information content (AvgIpc) is 2.83. The molecule has 0 aliphatic carbocycles. The maximum absolute atomic E-state index is 10.7. The molecule has 0 spiro atoms. The van der Waals surface area contributed by atoms with Gasteiger partial charge in [-0.05, 0) is 88.1 Å². The van der Waals surface area contributed by atoms with E-state index in [1.165, 1.54) is 6.07 Å². The Hall–Kier alpha value is -3.22. The summed E-state index contributed by atoms with van der Waals surface area (Å²) in [4.78, 5) is 16.7. The Kier molecular flexibility index (Phi) is 15.3. The van der Waals surface area contributed by atoms with Crippen LogP contribution >= 0.6 is 0 Å². The molecular weight excluding hydrogens is 508 g/mol. The minimum absolute atomic E-state index is 0.0417. The first-order chi connectivity index (χ1) is 18.0. The van der Waals surface area contributed by atoms with Crippen molar-refractivity contribution in [2.75, 3.05) is 13.1 Å². The van der Waals surface area contributed by atoms with Gasteiger partial charge in [0.2, 0.25) is 0 Å². The van der Waals surface area contributed by atoms with Gasteiger partial charge in [-0.2, -0.15) is 0 Å². The third-order valence-corrected chi connectivity index (χ3v) is 5.37. The lowest BCUT2D eigenvalue weighted by molar-refractivity contribution is -0.123. The normalized spacial score (nSPS) is 12.7. The molecule has 11 nitrogen and oxygen atoms in total. The quantitative estimate of drug-likeness (QED) is 0.207. The number of aliphatic hydroxyl groups excluding tert-OH is 3.